The summed E-state index contributed by atoms with van der Waals surface area (Å²) in [6, 6.07) is 5.77. The van der Waals surface area contributed by atoms with Crippen LogP contribution in [0.2, 0.25) is 0 Å². The molecule has 1 aliphatic rings. The molecule has 4 rings (SSSR count). The molecule has 1 aromatic carbocycles. The van der Waals surface area contributed by atoms with Gasteiger partial charge in [-0.05, 0) is 31.4 Å². The Kier molecular flexibility index (Phi) is 5.53. The van der Waals surface area contributed by atoms with Crippen molar-refractivity contribution in [3.8, 4) is 11.5 Å². The van der Waals surface area contributed by atoms with Gasteiger partial charge in [0.2, 0.25) is 0 Å². The molecule has 0 aliphatic carbocycles. The van der Waals surface area contributed by atoms with E-state index in [0.717, 1.165) is 52.2 Å². The van der Waals surface area contributed by atoms with Crippen molar-refractivity contribution in [3.63, 3.8) is 0 Å². The number of nitrogens with zero attached hydrogens (tertiary/aromatic N) is 3. The molecule has 1 aliphatic heterocycles. The number of carbonyl (C=O) groups is 1. The van der Waals surface area contributed by atoms with E-state index >= 15 is 0 Å². The van der Waals surface area contributed by atoms with Crippen LogP contribution in [0.25, 0.3) is 10.2 Å². The van der Waals surface area contributed by atoms with Gasteiger partial charge >= 0.3 is 0 Å². The largest absolute Gasteiger partial charge is 0.493 e. The van der Waals surface area contributed by atoms with Gasteiger partial charge in [0.1, 0.15) is 17.0 Å². The van der Waals surface area contributed by atoms with E-state index in [9.17, 15) is 4.79 Å². The molecule has 3 heterocycles. The topological polar surface area (TPSA) is 76.6 Å². The minimum absolute atomic E-state index is 0.100. The minimum atomic E-state index is 0.100. The maximum Gasteiger partial charge on any atom is 0.264 e. The Balaban J connectivity index is 1.64. The highest BCUT2D eigenvalue weighted by molar-refractivity contribution is 7.20. The fourth-order valence-corrected chi connectivity index (χ4v) is 4.86. The van der Waals surface area contributed by atoms with Crippen LogP contribution < -0.4 is 14.8 Å². The number of likely N-dealkylation sites (tertiary alicyclic amines) is 1. The Morgan fingerprint density at radius 1 is 1.21 bits per heavy atom. The average Bonchev–Trinajstić information content (AvgIpc) is 3.40. The van der Waals surface area contributed by atoms with Gasteiger partial charge in [0, 0.05) is 25.2 Å². The molecule has 0 atom stereocenters. The number of hydrogen-bond acceptors (Lipinski definition) is 7. The number of anilines is 1. The molecular weight excluding hydrogens is 388 g/mol. The van der Waals surface area contributed by atoms with E-state index in [4.69, 9.17) is 9.47 Å². The molecule has 1 amide bonds. The van der Waals surface area contributed by atoms with Crippen molar-refractivity contribution in [3.05, 3.63) is 40.5 Å². The maximum absolute atomic E-state index is 12.9. The van der Waals surface area contributed by atoms with Crippen LogP contribution in [0.4, 0.5) is 5.82 Å². The van der Waals surface area contributed by atoms with Crippen LogP contribution in [0.3, 0.4) is 0 Å². The van der Waals surface area contributed by atoms with Gasteiger partial charge in [-0.25, -0.2) is 9.97 Å². The maximum atomic E-state index is 12.9. The summed E-state index contributed by atoms with van der Waals surface area (Å²) >= 11 is 1.44. The fraction of sp³-hybridized carbons (Fsp3) is 0.381. The standard InChI is InChI=1S/C21H24N4O3S/c1-13-16-19(22-11-14-7-6-8-15(27-2)17(14)28-3)23-12-24-20(16)29-18(13)21(26)25-9-4-5-10-25/h6-8,12H,4-5,9-11H2,1-3H3,(H,22,23,24). The van der Waals surface area contributed by atoms with E-state index in [1.54, 1.807) is 14.2 Å². The van der Waals surface area contributed by atoms with E-state index in [0.29, 0.717) is 23.9 Å². The Hall–Kier alpha value is -2.87. The second-order valence-electron chi connectivity index (χ2n) is 6.96. The third kappa shape index (κ3) is 3.60. The lowest BCUT2D eigenvalue weighted by Crippen LogP contribution is -2.27. The van der Waals surface area contributed by atoms with Gasteiger partial charge in [0.15, 0.2) is 11.5 Å². The monoisotopic (exact) mass is 412 g/mol. The smallest absolute Gasteiger partial charge is 0.264 e. The van der Waals surface area contributed by atoms with E-state index in [1.165, 1.54) is 17.7 Å². The number of aryl methyl sites for hydroxylation is 1. The zero-order chi connectivity index (χ0) is 20.4. The van der Waals surface area contributed by atoms with Gasteiger partial charge in [-0.15, -0.1) is 11.3 Å². The van der Waals surface area contributed by atoms with Gasteiger partial charge in [-0.3, -0.25) is 4.79 Å². The molecule has 29 heavy (non-hydrogen) atoms. The lowest BCUT2D eigenvalue weighted by atomic mass is 10.1. The second kappa shape index (κ2) is 8.24. The normalized spacial score (nSPS) is 13.7. The quantitative estimate of drug-likeness (QED) is 0.662. The Labute approximate surface area is 173 Å². The molecular formula is C21H24N4O3S. The molecule has 0 spiro atoms. The molecule has 3 aromatic rings. The van der Waals surface area contributed by atoms with Crippen LogP contribution in [0, 0.1) is 6.92 Å². The molecule has 152 valence electrons. The number of para-hydroxylation sites is 1. The predicted octanol–water partition coefficient (Wildman–Crippen LogP) is 3.87. The van der Waals surface area contributed by atoms with Crippen molar-refractivity contribution in [1.29, 1.82) is 0 Å². The van der Waals surface area contributed by atoms with Crippen LogP contribution in [-0.2, 0) is 6.54 Å². The summed E-state index contributed by atoms with van der Waals surface area (Å²) in [5.41, 5.74) is 1.89. The third-order valence-electron chi connectivity index (χ3n) is 5.25. The van der Waals surface area contributed by atoms with E-state index < -0.39 is 0 Å². The number of benzene rings is 1. The zero-order valence-corrected chi connectivity index (χ0v) is 17.6. The van der Waals surface area contributed by atoms with Gasteiger partial charge in [-0.2, -0.15) is 0 Å². The third-order valence-corrected chi connectivity index (χ3v) is 6.43. The molecule has 1 fully saturated rings. The number of carbonyl (C=O) groups excluding carboxylic acids is 1. The number of aromatic nitrogens is 2. The van der Waals surface area contributed by atoms with E-state index in [-0.39, 0.29) is 5.91 Å². The Morgan fingerprint density at radius 2 is 2.00 bits per heavy atom. The highest BCUT2D eigenvalue weighted by Crippen LogP contribution is 2.36. The van der Waals surface area contributed by atoms with Crippen LogP contribution in [0.1, 0.15) is 33.6 Å². The van der Waals surface area contributed by atoms with Gasteiger partial charge in [0.25, 0.3) is 5.91 Å². The molecule has 1 N–H and O–H groups in total. The van der Waals surface area contributed by atoms with Crippen molar-refractivity contribution >= 4 is 33.3 Å². The lowest BCUT2D eigenvalue weighted by molar-refractivity contribution is 0.0797. The summed E-state index contributed by atoms with van der Waals surface area (Å²) in [4.78, 5) is 25.3. The summed E-state index contributed by atoms with van der Waals surface area (Å²) in [6.07, 6.45) is 3.68. The Bertz CT molecular complexity index is 1040. The predicted molar refractivity (Wildman–Crippen MR) is 114 cm³/mol. The number of hydrogen-bond donors (Lipinski definition) is 1. The van der Waals surface area contributed by atoms with Gasteiger partial charge in [-0.1, -0.05) is 12.1 Å². The molecule has 0 radical (unpaired) electrons. The van der Waals surface area contributed by atoms with Crippen LogP contribution in [0.5, 0.6) is 11.5 Å². The number of rotatable bonds is 6. The number of ether oxygens (including phenoxy) is 2. The highest BCUT2D eigenvalue weighted by Gasteiger charge is 2.25. The van der Waals surface area contributed by atoms with E-state index in [2.05, 4.69) is 15.3 Å². The number of amides is 1. The summed E-state index contributed by atoms with van der Waals surface area (Å²) in [5.74, 6) is 2.20. The zero-order valence-electron chi connectivity index (χ0n) is 16.8. The van der Waals surface area contributed by atoms with Crippen molar-refractivity contribution in [1.82, 2.24) is 14.9 Å². The first kappa shape index (κ1) is 19.4. The molecule has 0 bridgehead atoms. The first-order chi connectivity index (χ1) is 14.1. The molecule has 2 aromatic heterocycles. The average molecular weight is 413 g/mol. The summed E-state index contributed by atoms with van der Waals surface area (Å²) in [5, 5.41) is 4.29. The molecule has 7 nitrogen and oxygen atoms in total. The number of nitrogens with one attached hydrogen (secondary N) is 1. The van der Waals surface area contributed by atoms with Crippen molar-refractivity contribution in [2.24, 2.45) is 0 Å². The van der Waals surface area contributed by atoms with E-state index in [1.807, 2.05) is 30.0 Å². The Morgan fingerprint density at radius 3 is 2.72 bits per heavy atom. The van der Waals surface area contributed by atoms with Crippen LogP contribution >= 0.6 is 11.3 Å². The van der Waals surface area contributed by atoms with Crippen LogP contribution in [-0.4, -0.2) is 48.1 Å². The fourth-order valence-electron chi connectivity index (χ4n) is 3.75. The summed E-state index contributed by atoms with van der Waals surface area (Å²) in [6.45, 7) is 4.15. The number of fused-ring (bicyclic) bond motifs is 1. The molecule has 0 unspecified atom stereocenters. The minimum Gasteiger partial charge on any atom is -0.493 e. The SMILES string of the molecule is COc1cccc(CNc2ncnc3sc(C(=O)N4CCCC4)c(C)c23)c1OC. The lowest BCUT2D eigenvalue weighted by Gasteiger charge is -2.14. The van der Waals surface area contributed by atoms with Crippen LogP contribution in [0.15, 0.2) is 24.5 Å². The first-order valence-corrected chi connectivity index (χ1v) is 10.4. The number of thiophene rings is 1. The molecule has 1 saturated heterocycles. The second-order valence-corrected chi connectivity index (χ2v) is 7.96. The molecule has 0 saturated carbocycles. The summed E-state index contributed by atoms with van der Waals surface area (Å²) < 4.78 is 10.9. The van der Waals surface area contributed by atoms with Gasteiger partial charge in [0.05, 0.1) is 24.5 Å². The molecule has 8 heteroatoms. The van der Waals surface area contributed by atoms with Crippen molar-refractivity contribution in [2.45, 2.75) is 26.3 Å². The van der Waals surface area contributed by atoms with Crippen molar-refractivity contribution < 1.29 is 14.3 Å². The van der Waals surface area contributed by atoms with Gasteiger partial charge < -0.3 is 19.7 Å². The highest BCUT2D eigenvalue weighted by atomic mass is 32.1. The van der Waals surface area contributed by atoms with Crippen molar-refractivity contribution in [2.75, 3.05) is 32.6 Å². The first-order valence-electron chi connectivity index (χ1n) is 9.61. The number of methoxy groups -OCH3 is 2. The summed E-state index contributed by atoms with van der Waals surface area (Å²) in [7, 11) is 3.25.